The van der Waals surface area contributed by atoms with Crippen molar-refractivity contribution in [1.82, 2.24) is 10.0 Å². The average Bonchev–Trinajstić information content (AvgIpc) is 2.53. The topological polar surface area (TPSA) is 75.3 Å². The Kier molecular flexibility index (Phi) is 5.80. The fourth-order valence-corrected chi connectivity index (χ4v) is 3.29. The lowest BCUT2D eigenvalue weighted by Crippen LogP contribution is -2.24. The molecule has 122 valence electrons. The third kappa shape index (κ3) is 4.54. The van der Waals surface area contributed by atoms with Crippen LogP contribution in [0.15, 0.2) is 51.8 Å². The molecule has 0 bridgehead atoms. The van der Waals surface area contributed by atoms with Gasteiger partial charge in [0.05, 0.1) is 15.5 Å². The van der Waals surface area contributed by atoms with Gasteiger partial charge in [-0.15, -0.1) is 0 Å². The van der Waals surface area contributed by atoms with Gasteiger partial charge in [-0.1, -0.05) is 39.7 Å². The SMILES string of the molecule is CNS(=O)(=O)c1ccc(Cl)c(C(=O)NCc2cccc(Br)c2)c1. The lowest BCUT2D eigenvalue weighted by molar-refractivity contribution is 0.0951. The van der Waals surface area contributed by atoms with Gasteiger partial charge in [-0.3, -0.25) is 4.79 Å². The van der Waals surface area contributed by atoms with E-state index in [1.165, 1.54) is 25.2 Å². The summed E-state index contributed by atoms with van der Waals surface area (Å²) in [6.07, 6.45) is 0. The average molecular weight is 418 g/mol. The molecule has 23 heavy (non-hydrogen) atoms. The molecule has 0 aliphatic carbocycles. The van der Waals surface area contributed by atoms with Crippen molar-refractivity contribution >= 4 is 43.5 Å². The number of halogens is 2. The minimum absolute atomic E-state index is 0.0167. The van der Waals surface area contributed by atoms with Crippen LogP contribution in [0.1, 0.15) is 15.9 Å². The first-order valence-electron chi connectivity index (χ1n) is 6.59. The highest BCUT2D eigenvalue weighted by Crippen LogP contribution is 2.20. The molecule has 2 N–H and O–H groups in total. The predicted octanol–water partition coefficient (Wildman–Crippen LogP) is 2.94. The number of amides is 1. The number of carbonyl (C=O) groups is 1. The second-order valence-corrected chi connectivity index (χ2v) is 7.87. The van der Waals surface area contributed by atoms with Crippen molar-refractivity contribution in [2.24, 2.45) is 0 Å². The van der Waals surface area contributed by atoms with Gasteiger partial charge in [0.15, 0.2) is 0 Å². The van der Waals surface area contributed by atoms with Crippen LogP contribution in [0.5, 0.6) is 0 Å². The minimum Gasteiger partial charge on any atom is -0.348 e. The van der Waals surface area contributed by atoms with E-state index in [4.69, 9.17) is 11.6 Å². The molecule has 0 heterocycles. The number of hydrogen-bond donors (Lipinski definition) is 2. The van der Waals surface area contributed by atoms with Crippen molar-refractivity contribution in [3.63, 3.8) is 0 Å². The van der Waals surface area contributed by atoms with Gasteiger partial charge in [0.2, 0.25) is 10.0 Å². The summed E-state index contributed by atoms with van der Waals surface area (Å²) < 4.78 is 26.7. The monoisotopic (exact) mass is 416 g/mol. The van der Waals surface area contributed by atoms with E-state index < -0.39 is 15.9 Å². The molecule has 0 aliphatic heterocycles. The summed E-state index contributed by atoms with van der Waals surface area (Å²) in [6.45, 7) is 0.303. The zero-order valence-corrected chi connectivity index (χ0v) is 15.3. The Labute approximate surface area is 148 Å². The summed E-state index contributed by atoms with van der Waals surface area (Å²) in [4.78, 5) is 12.3. The van der Waals surface area contributed by atoms with Gasteiger partial charge >= 0.3 is 0 Å². The molecule has 0 saturated carbocycles. The van der Waals surface area contributed by atoms with Gasteiger partial charge in [0.1, 0.15) is 0 Å². The summed E-state index contributed by atoms with van der Waals surface area (Å²) in [5.41, 5.74) is 1.01. The lowest BCUT2D eigenvalue weighted by atomic mass is 10.2. The smallest absolute Gasteiger partial charge is 0.253 e. The fourth-order valence-electron chi connectivity index (χ4n) is 1.89. The number of carbonyl (C=O) groups excluding carboxylic acids is 1. The van der Waals surface area contributed by atoms with Crippen LogP contribution < -0.4 is 10.0 Å². The molecule has 0 fully saturated rings. The van der Waals surface area contributed by atoms with Crippen molar-refractivity contribution in [3.8, 4) is 0 Å². The lowest BCUT2D eigenvalue weighted by Gasteiger charge is -2.09. The highest BCUT2D eigenvalue weighted by molar-refractivity contribution is 9.10. The molecule has 2 rings (SSSR count). The molecule has 0 aromatic heterocycles. The van der Waals surface area contributed by atoms with Crippen LogP contribution in [0, 0.1) is 0 Å². The summed E-state index contributed by atoms with van der Waals surface area (Å²) in [5, 5.41) is 2.91. The zero-order valence-electron chi connectivity index (χ0n) is 12.1. The van der Waals surface area contributed by atoms with Gasteiger partial charge in [0, 0.05) is 11.0 Å². The molecule has 2 aromatic carbocycles. The Hall–Kier alpha value is -1.41. The molecule has 1 amide bonds. The molecule has 5 nitrogen and oxygen atoms in total. The molecule has 0 spiro atoms. The molecule has 2 aromatic rings. The van der Waals surface area contributed by atoms with Gasteiger partial charge in [-0.05, 0) is 42.9 Å². The first kappa shape index (κ1) is 17.9. The second kappa shape index (κ2) is 7.44. The third-order valence-electron chi connectivity index (χ3n) is 3.10. The van der Waals surface area contributed by atoms with Gasteiger partial charge in [0.25, 0.3) is 5.91 Å². The molecule has 0 aliphatic rings. The van der Waals surface area contributed by atoms with E-state index >= 15 is 0 Å². The zero-order chi connectivity index (χ0) is 17.0. The van der Waals surface area contributed by atoms with Crippen LogP contribution in [0.3, 0.4) is 0 Å². The van der Waals surface area contributed by atoms with Crippen LogP contribution in [-0.4, -0.2) is 21.4 Å². The molecule has 8 heteroatoms. The molecule has 0 atom stereocenters. The Balaban J connectivity index is 2.20. The number of rotatable bonds is 5. The largest absolute Gasteiger partial charge is 0.348 e. The number of nitrogens with one attached hydrogen (secondary N) is 2. The van der Waals surface area contributed by atoms with E-state index in [1.54, 1.807) is 0 Å². The minimum atomic E-state index is -3.64. The maximum absolute atomic E-state index is 12.3. The third-order valence-corrected chi connectivity index (χ3v) is 5.34. The van der Waals surface area contributed by atoms with Crippen LogP contribution >= 0.6 is 27.5 Å². The quantitative estimate of drug-likeness (QED) is 0.785. The normalized spacial score (nSPS) is 11.3. The van der Waals surface area contributed by atoms with Gasteiger partial charge in [-0.2, -0.15) is 0 Å². The Morgan fingerprint density at radius 3 is 2.61 bits per heavy atom. The van der Waals surface area contributed by atoms with Gasteiger partial charge in [-0.25, -0.2) is 13.1 Å². The van der Waals surface area contributed by atoms with Crippen molar-refractivity contribution in [3.05, 3.63) is 63.1 Å². The van der Waals surface area contributed by atoms with E-state index in [2.05, 4.69) is 26.0 Å². The summed E-state index contributed by atoms with van der Waals surface area (Å²) >= 11 is 9.37. The van der Waals surface area contributed by atoms with E-state index in [0.717, 1.165) is 10.0 Å². The number of sulfonamides is 1. The van der Waals surface area contributed by atoms with Crippen molar-refractivity contribution in [1.29, 1.82) is 0 Å². The summed E-state index contributed by atoms with van der Waals surface area (Å²) in [6, 6.07) is 11.5. The van der Waals surface area contributed by atoms with Crippen LogP contribution in [0.25, 0.3) is 0 Å². The second-order valence-electron chi connectivity index (χ2n) is 4.66. The first-order chi connectivity index (χ1) is 10.8. The molecular formula is C15H14BrClN2O3S. The van der Waals surface area contributed by atoms with Crippen molar-refractivity contribution < 1.29 is 13.2 Å². The van der Waals surface area contributed by atoms with E-state index in [1.807, 2.05) is 24.3 Å². The van der Waals surface area contributed by atoms with Gasteiger partial charge < -0.3 is 5.32 Å². The maximum Gasteiger partial charge on any atom is 0.253 e. The predicted molar refractivity (Wildman–Crippen MR) is 93.0 cm³/mol. The van der Waals surface area contributed by atoms with Crippen LogP contribution in [0.4, 0.5) is 0 Å². The van der Waals surface area contributed by atoms with E-state index in [-0.39, 0.29) is 15.5 Å². The van der Waals surface area contributed by atoms with Crippen molar-refractivity contribution in [2.75, 3.05) is 7.05 Å². The Morgan fingerprint density at radius 2 is 1.96 bits per heavy atom. The maximum atomic E-state index is 12.3. The molecule has 0 radical (unpaired) electrons. The first-order valence-corrected chi connectivity index (χ1v) is 9.24. The number of benzene rings is 2. The van der Waals surface area contributed by atoms with E-state index in [9.17, 15) is 13.2 Å². The molecule has 0 unspecified atom stereocenters. The van der Waals surface area contributed by atoms with Crippen molar-refractivity contribution in [2.45, 2.75) is 11.4 Å². The van der Waals surface area contributed by atoms with Crippen LogP contribution in [-0.2, 0) is 16.6 Å². The van der Waals surface area contributed by atoms with E-state index in [0.29, 0.717) is 6.54 Å². The highest BCUT2D eigenvalue weighted by atomic mass is 79.9. The fraction of sp³-hybridized carbons (Fsp3) is 0.133. The van der Waals surface area contributed by atoms with Crippen LogP contribution in [0.2, 0.25) is 5.02 Å². The summed E-state index contributed by atoms with van der Waals surface area (Å²) in [7, 11) is -2.34. The molecule has 0 saturated heterocycles. The Bertz CT molecular complexity index is 840. The standard InChI is InChI=1S/C15H14BrClN2O3S/c1-18-23(21,22)12-5-6-14(17)13(8-12)15(20)19-9-10-3-2-4-11(16)7-10/h2-8,18H,9H2,1H3,(H,19,20). The highest BCUT2D eigenvalue weighted by Gasteiger charge is 2.17. The molecular weight excluding hydrogens is 404 g/mol. The number of hydrogen-bond acceptors (Lipinski definition) is 3. The summed E-state index contributed by atoms with van der Waals surface area (Å²) in [5.74, 6) is -0.442. The Morgan fingerprint density at radius 1 is 1.22 bits per heavy atom.